The molecule has 1 aromatic rings. The van der Waals surface area contributed by atoms with E-state index < -0.39 is 0 Å². The Labute approximate surface area is 87.2 Å². The first-order valence-corrected chi connectivity index (χ1v) is 4.47. The van der Waals surface area contributed by atoms with Crippen molar-refractivity contribution in [3.63, 3.8) is 0 Å². The summed E-state index contributed by atoms with van der Waals surface area (Å²) in [5.41, 5.74) is 1.44. The third kappa shape index (κ3) is 5.67. The molecule has 0 heterocycles. The molecule has 0 unspecified atom stereocenters. The molecule has 0 fully saturated rings. The number of nitrogens with zero attached hydrogens (tertiary/aromatic N) is 1. The first-order valence-electron chi connectivity index (χ1n) is 4.47. The largest absolute Gasteiger partial charge is 0.309 e. The molecule has 0 spiro atoms. The van der Waals surface area contributed by atoms with E-state index in [1.165, 1.54) is 24.9 Å². The second-order valence-electron chi connectivity index (χ2n) is 3.39. The lowest BCUT2D eigenvalue weighted by Gasteiger charge is -2.08. The number of hydrogen-bond acceptors (Lipinski definition) is 1. The van der Waals surface area contributed by atoms with E-state index in [1.54, 1.807) is 0 Å². The van der Waals surface area contributed by atoms with Gasteiger partial charge >= 0.3 is 0 Å². The molecular formula is C11H18ClN. The van der Waals surface area contributed by atoms with Gasteiger partial charge in [0, 0.05) is 0 Å². The van der Waals surface area contributed by atoms with E-state index in [1.807, 2.05) is 0 Å². The van der Waals surface area contributed by atoms with Crippen molar-refractivity contribution in [1.82, 2.24) is 4.90 Å². The van der Waals surface area contributed by atoms with Crippen molar-refractivity contribution in [1.29, 1.82) is 0 Å². The Bertz CT molecular complexity index is 209. The summed E-state index contributed by atoms with van der Waals surface area (Å²) in [5, 5.41) is 0. The Morgan fingerprint density at radius 2 is 1.69 bits per heavy atom. The normalized spacial score (nSPS) is 9.77. The van der Waals surface area contributed by atoms with Crippen LogP contribution in [-0.2, 0) is 6.42 Å². The van der Waals surface area contributed by atoms with Gasteiger partial charge in [-0.05, 0) is 39.0 Å². The van der Waals surface area contributed by atoms with Crippen LogP contribution in [0.1, 0.15) is 12.0 Å². The standard InChI is InChI=1S/C11H17N.ClH/c1-12(2)10-6-9-11-7-4-3-5-8-11;/h3-5,7-8H,6,9-10H2,1-2H3;1H. The van der Waals surface area contributed by atoms with E-state index in [0.29, 0.717) is 0 Å². The van der Waals surface area contributed by atoms with E-state index in [0.717, 1.165) is 0 Å². The zero-order valence-corrected chi connectivity index (χ0v) is 9.18. The maximum Gasteiger partial charge on any atom is -0.00217 e. The zero-order valence-electron chi connectivity index (χ0n) is 8.36. The third-order valence-electron chi connectivity index (χ3n) is 1.91. The lowest BCUT2D eigenvalue weighted by atomic mass is 10.1. The molecule has 13 heavy (non-hydrogen) atoms. The molecule has 0 aliphatic carbocycles. The van der Waals surface area contributed by atoms with Crippen LogP contribution in [0.4, 0.5) is 0 Å². The van der Waals surface area contributed by atoms with E-state index in [-0.39, 0.29) is 12.4 Å². The highest BCUT2D eigenvalue weighted by Gasteiger charge is 1.92. The topological polar surface area (TPSA) is 3.24 Å². The number of hydrogen-bond donors (Lipinski definition) is 0. The fourth-order valence-corrected chi connectivity index (χ4v) is 1.24. The molecule has 1 rings (SSSR count). The van der Waals surface area contributed by atoms with Crippen LogP contribution in [0.15, 0.2) is 30.3 Å². The maximum atomic E-state index is 2.23. The van der Waals surface area contributed by atoms with Gasteiger partial charge in [0.2, 0.25) is 0 Å². The van der Waals surface area contributed by atoms with Gasteiger partial charge in [-0.25, -0.2) is 0 Å². The lowest BCUT2D eigenvalue weighted by molar-refractivity contribution is 0.400. The van der Waals surface area contributed by atoms with Gasteiger partial charge < -0.3 is 4.90 Å². The quantitative estimate of drug-likeness (QED) is 0.721. The Morgan fingerprint density at radius 1 is 1.08 bits per heavy atom. The number of benzene rings is 1. The van der Waals surface area contributed by atoms with Crippen molar-refractivity contribution < 1.29 is 0 Å². The minimum Gasteiger partial charge on any atom is -0.309 e. The van der Waals surface area contributed by atoms with Gasteiger partial charge in [-0.1, -0.05) is 30.3 Å². The molecule has 0 aromatic heterocycles. The smallest absolute Gasteiger partial charge is 0.00217 e. The van der Waals surface area contributed by atoms with Gasteiger partial charge in [0.15, 0.2) is 0 Å². The molecule has 0 aliphatic rings. The SMILES string of the molecule is CN(C)CCCc1ccccc1.Cl. The van der Waals surface area contributed by atoms with Crippen LogP contribution in [0, 0.1) is 0 Å². The first-order chi connectivity index (χ1) is 5.79. The van der Waals surface area contributed by atoms with Gasteiger partial charge in [-0.15, -0.1) is 12.4 Å². The zero-order chi connectivity index (χ0) is 8.81. The van der Waals surface area contributed by atoms with Crippen LogP contribution >= 0.6 is 12.4 Å². The number of halogens is 1. The van der Waals surface area contributed by atoms with E-state index >= 15 is 0 Å². The second kappa shape index (κ2) is 6.93. The molecular weight excluding hydrogens is 182 g/mol. The molecule has 0 radical (unpaired) electrons. The highest BCUT2D eigenvalue weighted by Crippen LogP contribution is 2.02. The fourth-order valence-electron chi connectivity index (χ4n) is 1.24. The Balaban J connectivity index is 0.00000144. The second-order valence-corrected chi connectivity index (χ2v) is 3.39. The molecule has 0 aliphatic heterocycles. The molecule has 0 saturated carbocycles. The van der Waals surface area contributed by atoms with Crippen molar-refractivity contribution in [2.45, 2.75) is 12.8 Å². The van der Waals surface area contributed by atoms with Gasteiger partial charge in [-0.2, -0.15) is 0 Å². The van der Waals surface area contributed by atoms with Crippen LogP contribution < -0.4 is 0 Å². The molecule has 0 saturated heterocycles. The van der Waals surface area contributed by atoms with E-state index in [2.05, 4.69) is 49.3 Å². The number of rotatable bonds is 4. The first kappa shape index (κ1) is 12.5. The Morgan fingerprint density at radius 3 is 2.23 bits per heavy atom. The van der Waals surface area contributed by atoms with E-state index in [9.17, 15) is 0 Å². The Hall–Kier alpha value is -0.530. The predicted molar refractivity (Wildman–Crippen MR) is 60.6 cm³/mol. The fraction of sp³-hybridized carbons (Fsp3) is 0.455. The van der Waals surface area contributed by atoms with Crippen molar-refractivity contribution in [3.05, 3.63) is 35.9 Å². The summed E-state index contributed by atoms with van der Waals surface area (Å²) in [4.78, 5) is 2.23. The highest BCUT2D eigenvalue weighted by atomic mass is 35.5. The van der Waals surface area contributed by atoms with Crippen LogP contribution in [-0.4, -0.2) is 25.5 Å². The average Bonchev–Trinajstić information content (AvgIpc) is 2.05. The summed E-state index contributed by atoms with van der Waals surface area (Å²) in [6.45, 7) is 1.18. The van der Waals surface area contributed by atoms with Gasteiger partial charge in [0.05, 0.1) is 0 Å². The minimum atomic E-state index is 0. The van der Waals surface area contributed by atoms with Crippen molar-refractivity contribution in [2.24, 2.45) is 0 Å². The lowest BCUT2D eigenvalue weighted by Crippen LogP contribution is -2.13. The summed E-state index contributed by atoms with van der Waals surface area (Å²) in [5.74, 6) is 0. The van der Waals surface area contributed by atoms with Crippen LogP contribution in [0.2, 0.25) is 0 Å². The summed E-state index contributed by atoms with van der Waals surface area (Å²) in [6, 6.07) is 10.6. The van der Waals surface area contributed by atoms with Gasteiger partial charge in [0.25, 0.3) is 0 Å². The third-order valence-corrected chi connectivity index (χ3v) is 1.91. The van der Waals surface area contributed by atoms with Crippen molar-refractivity contribution in [3.8, 4) is 0 Å². The summed E-state index contributed by atoms with van der Waals surface area (Å²) >= 11 is 0. The average molecular weight is 200 g/mol. The predicted octanol–water partition coefficient (Wildman–Crippen LogP) is 2.60. The van der Waals surface area contributed by atoms with Gasteiger partial charge in [-0.3, -0.25) is 0 Å². The van der Waals surface area contributed by atoms with Crippen LogP contribution in [0.3, 0.4) is 0 Å². The van der Waals surface area contributed by atoms with Gasteiger partial charge in [0.1, 0.15) is 0 Å². The molecule has 1 aromatic carbocycles. The molecule has 1 nitrogen and oxygen atoms in total. The molecule has 0 N–H and O–H groups in total. The van der Waals surface area contributed by atoms with Crippen LogP contribution in [0.25, 0.3) is 0 Å². The summed E-state index contributed by atoms with van der Waals surface area (Å²) in [7, 11) is 4.23. The van der Waals surface area contributed by atoms with Crippen LogP contribution in [0.5, 0.6) is 0 Å². The molecule has 0 bridgehead atoms. The molecule has 0 amide bonds. The van der Waals surface area contributed by atoms with Crippen molar-refractivity contribution in [2.75, 3.05) is 20.6 Å². The molecule has 74 valence electrons. The maximum absolute atomic E-state index is 2.23. The highest BCUT2D eigenvalue weighted by molar-refractivity contribution is 5.85. The van der Waals surface area contributed by atoms with E-state index in [4.69, 9.17) is 0 Å². The summed E-state index contributed by atoms with van der Waals surface area (Å²) in [6.07, 6.45) is 2.44. The monoisotopic (exact) mass is 199 g/mol. The molecule has 2 heteroatoms. The Kier molecular flexibility index (Phi) is 6.65. The van der Waals surface area contributed by atoms with Crippen molar-refractivity contribution >= 4 is 12.4 Å². The minimum absolute atomic E-state index is 0. The molecule has 0 atom stereocenters. The summed E-state index contributed by atoms with van der Waals surface area (Å²) < 4.78 is 0. The number of aryl methyl sites for hydroxylation is 1.